The van der Waals surface area contributed by atoms with Crippen LogP contribution in [0.5, 0.6) is 0 Å². The molecule has 4 amide bonds. The molecule has 11 N–H and O–H groups in total. The van der Waals surface area contributed by atoms with Gasteiger partial charge in [-0.1, -0.05) is 44.2 Å². The van der Waals surface area contributed by atoms with E-state index in [1.54, 1.807) is 44.2 Å². The first-order chi connectivity index (χ1) is 20.1. The summed E-state index contributed by atoms with van der Waals surface area (Å²) in [6.07, 6.45) is -0.234. The van der Waals surface area contributed by atoms with E-state index >= 15 is 0 Å². The second-order valence-corrected chi connectivity index (χ2v) is 10.3. The van der Waals surface area contributed by atoms with Crippen molar-refractivity contribution in [2.45, 2.75) is 63.7 Å². The van der Waals surface area contributed by atoms with Crippen molar-refractivity contribution in [2.75, 3.05) is 20.1 Å². The van der Waals surface area contributed by atoms with E-state index < -0.39 is 78.6 Å². The summed E-state index contributed by atoms with van der Waals surface area (Å²) >= 11 is 0. The topological polar surface area (TPSA) is 273 Å². The van der Waals surface area contributed by atoms with Crippen LogP contribution in [0.3, 0.4) is 0 Å². The highest BCUT2D eigenvalue weighted by Gasteiger charge is 2.32. The van der Waals surface area contributed by atoms with Crippen molar-refractivity contribution in [3.05, 3.63) is 35.9 Å². The number of benzene rings is 1. The number of aliphatic carboxylic acids is 2. The zero-order chi connectivity index (χ0) is 32.7. The molecule has 0 unspecified atom stereocenters. The van der Waals surface area contributed by atoms with Gasteiger partial charge in [-0.3, -0.25) is 29.0 Å². The number of nitrogens with zero attached hydrogens (tertiary/aromatic N) is 2. The number of carbonyl (C=O) groups excluding carboxylic acids is 4. The van der Waals surface area contributed by atoms with Crippen molar-refractivity contribution in [2.24, 2.45) is 28.1 Å². The van der Waals surface area contributed by atoms with Crippen LogP contribution in [0.2, 0.25) is 0 Å². The molecule has 16 heteroatoms. The first kappa shape index (κ1) is 36.3. The third-order valence-electron chi connectivity index (χ3n) is 6.22. The van der Waals surface area contributed by atoms with Gasteiger partial charge < -0.3 is 48.3 Å². The molecule has 0 saturated heterocycles. The summed E-state index contributed by atoms with van der Waals surface area (Å²) in [5.41, 5.74) is 17.0. The van der Waals surface area contributed by atoms with E-state index in [0.717, 1.165) is 4.90 Å². The van der Waals surface area contributed by atoms with Gasteiger partial charge in [0.25, 0.3) is 0 Å². The van der Waals surface area contributed by atoms with Crippen molar-refractivity contribution in [1.82, 2.24) is 20.9 Å². The molecule has 1 rings (SSSR count). The molecule has 0 heterocycles. The van der Waals surface area contributed by atoms with Gasteiger partial charge in [-0.2, -0.15) is 0 Å². The van der Waals surface area contributed by atoms with Crippen molar-refractivity contribution in [3.8, 4) is 0 Å². The Morgan fingerprint density at radius 1 is 0.930 bits per heavy atom. The fourth-order valence-corrected chi connectivity index (χ4v) is 3.94. The summed E-state index contributed by atoms with van der Waals surface area (Å²) in [5.74, 6) is -6.47. The highest BCUT2D eigenvalue weighted by atomic mass is 16.4. The lowest BCUT2D eigenvalue weighted by Gasteiger charge is -2.26. The molecule has 0 aliphatic heterocycles. The van der Waals surface area contributed by atoms with E-state index in [2.05, 4.69) is 20.9 Å². The van der Waals surface area contributed by atoms with Crippen LogP contribution in [0.15, 0.2) is 35.3 Å². The molecule has 0 fully saturated rings. The maximum Gasteiger partial charge on any atom is 0.326 e. The number of hydrogen-bond acceptors (Lipinski definition) is 8. The molecule has 0 aliphatic carbocycles. The first-order valence-electron chi connectivity index (χ1n) is 13.6. The molecule has 1 aromatic rings. The van der Waals surface area contributed by atoms with Crippen LogP contribution in [0.1, 0.15) is 38.7 Å². The number of likely N-dealkylation sites (N-methyl/N-ethyl adjacent to an activating group) is 1. The molecule has 16 nitrogen and oxygen atoms in total. The van der Waals surface area contributed by atoms with Crippen LogP contribution < -0.4 is 33.2 Å². The standard InChI is InChI=1S/C27H42N8O8/c1-15(2)22(26(42)43)34-24(40)18(12-16-8-5-4-6-9-16)33-23(39)19(13-21(37)38)32-20(36)14-35(3)25(41)17(28)10-7-11-31-27(29)30/h4-6,8-9,15,17-19,22H,7,10-14,28H2,1-3H3,(H,32,36)(H,33,39)(H,34,40)(H,37,38)(H,42,43)(H4,29,30,31)/t17-,18+,19-,22-/m0/s1. The first-order valence-corrected chi connectivity index (χ1v) is 13.6. The molecule has 0 radical (unpaired) electrons. The maximum absolute atomic E-state index is 13.2. The number of nitrogens with one attached hydrogen (secondary N) is 3. The van der Waals surface area contributed by atoms with Crippen LogP contribution in [0, 0.1) is 5.92 Å². The number of amides is 4. The molecular formula is C27H42N8O8. The average Bonchev–Trinajstić information content (AvgIpc) is 2.92. The highest BCUT2D eigenvalue weighted by molar-refractivity contribution is 5.96. The van der Waals surface area contributed by atoms with E-state index in [4.69, 9.17) is 17.2 Å². The smallest absolute Gasteiger partial charge is 0.326 e. The Hall–Kier alpha value is -4.73. The normalized spacial score (nSPS) is 13.5. The molecular weight excluding hydrogens is 564 g/mol. The lowest BCUT2D eigenvalue weighted by Crippen LogP contribution is -2.58. The Labute approximate surface area is 249 Å². The zero-order valence-corrected chi connectivity index (χ0v) is 24.5. The third-order valence-corrected chi connectivity index (χ3v) is 6.22. The molecule has 4 atom stereocenters. The summed E-state index contributed by atoms with van der Waals surface area (Å²) in [5, 5.41) is 26.0. The number of aliphatic imine (C=N–C) groups is 1. The number of rotatable bonds is 18. The third kappa shape index (κ3) is 13.7. The summed E-state index contributed by atoms with van der Waals surface area (Å²) < 4.78 is 0. The number of carboxylic acids is 2. The largest absolute Gasteiger partial charge is 0.481 e. The highest BCUT2D eigenvalue weighted by Crippen LogP contribution is 2.08. The molecule has 0 saturated carbocycles. The minimum atomic E-state index is -1.62. The van der Waals surface area contributed by atoms with Crippen LogP contribution in [-0.4, -0.2) is 101 Å². The predicted molar refractivity (Wildman–Crippen MR) is 156 cm³/mol. The quantitative estimate of drug-likeness (QED) is 0.0501. The fraction of sp³-hybridized carbons (Fsp3) is 0.519. The second-order valence-electron chi connectivity index (χ2n) is 10.3. The van der Waals surface area contributed by atoms with E-state index in [-0.39, 0.29) is 25.3 Å². The fourth-order valence-electron chi connectivity index (χ4n) is 3.94. The SMILES string of the molecule is CC(C)[C@H](NC(=O)[C@@H](Cc1ccccc1)NC(=O)[C@H](CC(=O)O)NC(=O)CN(C)C(=O)[C@@H](N)CCCN=C(N)N)C(=O)O. The number of hydrogen-bond donors (Lipinski definition) is 8. The van der Waals surface area contributed by atoms with Crippen LogP contribution in [0.4, 0.5) is 0 Å². The summed E-state index contributed by atoms with van der Waals surface area (Å²) in [7, 11) is 1.32. The molecule has 238 valence electrons. The Morgan fingerprint density at radius 3 is 2.07 bits per heavy atom. The summed E-state index contributed by atoms with van der Waals surface area (Å²) in [4.78, 5) is 79.5. The van der Waals surface area contributed by atoms with Gasteiger partial charge in [-0.05, 0) is 24.3 Å². The van der Waals surface area contributed by atoms with E-state index in [0.29, 0.717) is 12.0 Å². The Balaban J connectivity index is 3.00. The lowest BCUT2D eigenvalue weighted by molar-refractivity contribution is -0.144. The Bertz CT molecular complexity index is 1160. The summed E-state index contributed by atoms with van der Waals surface area (Å²) in [6.45, 7) is 2.93. The number of nitrogens with two attached hydrogens (primary N) is 3. The second kappa shape index (κ2) is 17.9. The number of carboxylic acid groups (broad SMARTS) is 2. The van der Waals surface area contributed by atoms with Crippen LogP contribution in [-0.2, 0) is 35.2 Å². The van der Waals surface area contributed by atoms with Gasteiger partial charge >= 0.3 is 11.9 Å². The molecule has 0 bridgehead atoms. The zero-order valence-electron chi connectivity index (χ0n) is 24.5. The monoisotopic (exact) mass is 606 g/mol. The average molecular weight is 607 g/mol. The molecule has 1 aromatic carbocycles. The van der Waals surface area contributed by atoms with Gasteiger partial charge in [0.05, 0.1) is 19.0 Å². The van der Waals surface area contributed by atoms with E-state index in [1.807, 2.05) is 0 Å². The van der Waals surface area contributed by atoms with Crippen molar-refractivity contribution < 1.29 is 39.0 Å². The molecule has 43 heavy (non-hydrogen) atoms. The van der Waals surface area contributed by atoms with Crippen molar-refractivity contribution in [3.63, 3.8) is 0 Å². The number of carbonyl (C=O) groups is 6. The molecule has 0 spiro atoms. The van der Waals surface area contributed by atoms with Crippen LogP contribution in [0.25, 0.3) is 0 Å². The van der Waals surface area contributed by atoms with Crippen LogP contribution >= 0.6 is 0 Å². The minimum Gasteiger partial charge on any atom is -0.481 e. The van der Waals surface area contributed by atoms with Crippen molar-refractivity contribution >= 4 is 41.5 Å². The van der Waals surface area contributed by atoms with Gasteiger partial charge in [0.15, 0.2) is 5.96 Å². The van der Waals surface area contributed by atoms with Gasteiger partial charge in [0.2, 0.25) is 23.6 Å². The Kier molecular flexibility index (Phi) is 15.1. The van der Waals surface area contributed by atoms with E-state index in [1.165, 1.54) is 7.05 Å². The molecule has 0 aromatic heterocycles. The Morgan fingerprint density at radius 2 is 1.53 bits per heavy atom. The lowest BCUT2D eigenvalue weighted by atomic mass is 10.0. The van der Waals surface area contributed by atoms with Gasteiger partial charge in [-0.15, -0.1) is 0 Å². The van der Waals surface area contributed by atoms with Gasteiger partial charge in [-0.25, -0.2) is 4.79 Å². The number of guanidine groups is 1. The minimum absolute atomic E-state index is 0.0467. The van der Waals surface area contributed by atoms with Gasteiger partial charge in [0, 0.05) is 20.0 Å². The summed E-state index contributed by atoms with van der Waals surface area (Å²) in [6, 6.07) is 3.43. The van der Waals surface area contributed by atoms with Crippen molar-refractivity contribution in [1.29, 1.82) is 0 Å². The maximum atomic E-state index is 13.2. The van der Waals surface area contributed by atoms with E-state index in [9.17, 15) is 39.0 Å². The predicted octanol–water partition coefficient (Wildman–Crippen LogP) is -2.26. The van der Waals surface area contributed by atoms with Gasteiger partial charge in [0.1, 0.15) is 18.1 Å². The molecule has 0 aliphatic rings.